The summed E-state index contributed by atoms with van der Waals surface area (Å²) < 4.78 is 18.4. The van der Waals surface area contributed by atoms with Crippen LogP contribution in [-0.4, -0.2) is 31.3 Å². The van der Waals surface area contributed by atoms with E-state index in [0.717, 1.165) is 49.4 Å². The summed E-state index contributed by atoms with van der Waals surface area (Å²) in [6, 6.07) is 11.6. The lowest BCUT2D eigenvalue weighted by molar-refractivity contribution is -0.914. The minimum absolute atomic E-state index is 0.128. The molecular weight excluding hydrogens is 347 g/mol. The first-order valence-corrected chi connectivity index (χ1v) is 9.10. The average molecular weight is 369 g/mol. The van der Waals surface area contributed by atoms with E-state index in [4.69, 9.17) is 4.42 Å². The van der Waals surface area contributed by atoms with E-state index in [1.165, 1.54) is 17.0 Å². The van der Waals surface area contributed by atoms with Crippen LogP contribution in [0.15, 0.2) is 51.7 Å². The molecule has 0 aliphatic carbocycles. The largest absolute Gasteiger partial charge is 0.508 e. The van der Waals surface area contributed by atoms with E-state index in [1.807, 2.05) is 18.2 Å². The summed E-state index contributed by atoms with van der Waals surface area (Å²) in [5.74, 6) is -0.0952. The Bertz CT molecular complexity index is 1020. The van der Waals surface area contributed by atoms with Gasteiger partial charge in [-0.25, -0.2) is 9.18 Å². The van der Waals surface area contributed by atoms with Gasteiger partial charge >= 0.3 is 5.63 Å². The van der Waals surface area contributed by atoms with Crippen molar-refractivity contribution in [1.82, 2.24) is 0 Å². The van der Waals surface area contributed by atoms with Gasteiger partial charge in [-0.2, -0.15) is 0 Å². The van der Waals surface area contributed by atoms with Crippen molar-refractivity contribution in [2.75, 3.05) is 31.1 Å². The van der Waals surface area contributed by atoms with Crippen molar-refractivity contribution in [2.24, 2.45) is 0 Å². The van der Waals surface area contributed by atoms with Crippen molar-refractivity contribution in [3.63, 3.8) is 0 Å². The van der Waals surface area contributed by atoms with Crippen LogP contribution in [-0.2, 0) is 6.54 Å². The predicted molar refractivity (Wildman–Crippen MR) is 102 cm³/mol. The van der Waals surface area contributed by atoms with Crippen LogP contribution in [0.25, 0.3) is 11.0 Å². The molecule has 0 saturated carbocycles. The Labute approximate surface area is 156 Å². The minimum atomic E-state index is -0.393. The van der Waals surface area contributed by atoms with Crippen LogP contribution >= 0.6 is 0 Å². The highest BCUT2D eigenvalue weighted by molar-refractivity contribution is 5.84. The topological polar surface area (TPSA) is 58.1 Å². The molecule has 0 spiro atoms. The Morgan fingerprint density at radius 1 is 1.15 bits per heavy atom. The maximum absolute atomic E-state index is 13.1. The molecule has 0 amide bonds. The lowest BCUT2D eigenvalue weighted by atomic mass is 10.1. The number of anilines is 1. The van der Waals surface area contributed by atoms with Crippen LogP contribution < -0.4 is 15.4 Å². The Hall–Kier alpha value is -2.86. The van der Waals surface area contributed by atoms with E-state index in [-0.39, 0.29) is 11.6 Å². The van der Waals surface area contributed by atoms with Crippen molar-refractivity contribution in [3.8, 4) is 5.75 Å². The lowest BCUT2D eigenvalue weighted by Gasteiger charge is -2.33. The molecule has 1 aromatic heterocycles. The standard InChI is InChI=1S/C21H21FN2O3/c1-14-19(25)7-6-18-15(12-20(26)27-21(14)18)13-23-8-10-24(11-9-23)17-4-2-16(22)3-5-17/h2-7,12,25H,8-11,13H2,1H3/p+1. The summed E-state index contributed by atoms with van der Waals surface area (Å²) in [6.45, 7) is 6.08. The third-order valence-electron chi connectivity index (χ3n) is 5.32. The molecule has 0 atom stereocenters. The van der Waals surface area contributed by atoms with Crippen LogP contribution in [0.1, 0.15) is 11.1 Å². The summed E-state index contributed by atoms with van der Waals surface area (Å²) in [5.41, 5.74) is 2.63. The number of nitrogens with zero attached hydrogens (tertiary/aromatic N) is 1. The molecule has 5 nitrogen and oxygen atoms in total. The van der Waals surface area contributed by atoms with Crippen LogP contribution in [0.4, 0.5) is 10.1 Å². The van der Waals surface area contributed by atoms with Gasteiger partial charge in [0.25, 0.3) is 0 Å². The molecule has 2 heterocycles. The van der Waals surface area contributed by atoms with Gasteiger partial charge in [0.2, 0.25) is 0 Å². The van der Waals surface area contributed by atoms with Crippen molar-refractivity contribution in [2.45, 2.75) is 13.5 Å². The number of fused-ring (bicyclic) bond motifs is 1. The normalized spacial score (nSPS) is 15.4. The van der Waals surface area contributed by atoms with Gasteiger partial charge in [-0.15, -0.1) is 0 Å². The smallest absolute Gasteiger partial charge is 0.336 e. The molecule has 0 unspecified atom stereocenters. The number of phenolic OH excluding ortho intramolecular Hbond substituents is 1. The molecule has 1 aliphatic rings. The van der Waals surface area contributed by atoms with Crippen LogP contribution in [0.3, 0.4) is 0 Å². The number of hydrogen-bond acceptors (Lipinski definition) is 4. The van der Waals surface area contributed by atoms with Crippen molar-refractivity contribution < 1.29 is 18.8 Å². The number of rotatable bonds is 3. The predicted octanol–water partition coefficient (Wildman–Crippen LogP) is 1.85. The van der Waals surface area contributed by atoms with Crippen molar-refractivity contribution in [3.05, 3.63) is 69.8 Å². The molecule has 6 heteroatoms. The fourth-order valence-electron chi connectivity index (χ4n) is 3.74. The van der Waals surface area contributed by atoms with Crippen molar-refractivity contribution in [1.29, 1.82) is 0 Å². The average Bonchev–Trinajstić information content (AvgIpc) is 2.66. The first-order valence-electron chi connectivity index (χ1n) is 9.10. The number of phenols is 1. The second kappa shape index (κ2) is 7.04. The maximum atomic E-state index is 13.1. The minimum Gasteiger partial charge on any atom is -0.508 e. The fraction of sp³-hybridized carbons (Fsp3) is 0.286. The first kappa shape index (κ1) is 17.5. The van der Waals surface area contributed by atoms with Gasteiger partial charge in [0, 0.05) is 28.3 Å². The van der Waals surface area contributed by atoms with Crippen molar-refractivity contribution >= 4 is 16.7 Å². The monoisotopic (exact) mass is 369 g/mol. The van der Waals surface area contributed by atoms with Gasteiger partial charge in [-0.3, -0.25) is 0 Å². The molecule has 3 aromatic rings. The van der Waals surface area contributed by atoms with Gasteiger partial charge < -0.3 is 19.3 Å². The van der Waals surface area contributed by atoms with Gasteiger partial charge in [-0.05, 0) is 43.3 Å². The molecule has 1 aliphatic heterocycles. The highest BCUT2D eigenvalue weighted by Gasteiger charge is 2.22. The third-order valence-corrected chi connectivity index (χ3v) is 5.32. The Balaban J connectivity index is 1.52. The highest BCUT2D eigenvalue weighted by atomic mass is 19.1. The summed E-state index contributed by atoms with van der Waals surface area (Å²) in [6.07, 6.45) is 0. The quantitative estimate of drug-likeness (QED) is 0.692. The molecule has 1 fully saturated rings. The summed E-state index contributed by atoms with van der Waals surface area (Å²) in [5, 5.41) is 10.8. The van der Waals surface area contributed by atoms with Crippen LogP contribution in [0.2, 0.25) is 0 Å². The number of halogens is 1. The lowest BCUT2D eigenvalue weighted by Crippen LogP contribution is -3.13. The molecule has 27 heavy (non-hydrogen) atoms. The van der Waals surface area contributed by atoms with Gasteiger partial charge in [0.15, 0.2) is 0 Å². The molecule has 140 valence electrons. The number of hydrogen-bond donors (Lipinski definition) is 2. The number of quaternary nitrogens is 1. The molecule has 4 rings (SSSR count). The molecule has 0 bridgehead atoms. The Kier molecular flexibility index (Phi) is 4.58. The second-order valence-electron chi connectivity index (χ2n) is 7.07. The molecule has 1 saturated heterocycles. The second-order valence-corrected chi connectivity index (χ2v) is 7.07. The first-order chi connectivity index (χ1) is 13.0. The Morgan fingerprint density at radius 3 is 2.56 bits per heavy atom. The summed E-state index contributed by atoms with van der Waals surface area (Å²) in [7, 11) is 0. The van der Waals surface area contributed by atoms with E-state index in [1.54, 1.807) is 19.1 Å². The molecule has 2 N–H and O–H groups in total. The zero-order valence-electron chi connectivity index (χ0n) is 15.2. The zero-order chi connectivity index (χ0) is 19.0. The molecule has 2 aromatic carbocycles. The van der Waals surface area contributed by atoms with E-state index < -0.39 is 5.63 Å². The van der Waals surface area contributed by atoms with Gasteiger partial charge in [0.05, 0.1) is 26.2 Å². The van der Waals surface area contributed by atoms with E-state index >= 15 is 0 Å². The Morgan fingerprint density at radius 2 is 1.85 bits per heavy atom. The van der Waals surface area contributed by atoms with E-state index in [2.05, 4.69) is 4.90 Å². The number of aromatic hydroxyl groups is 1. The SMILES string of the molecule is Cc1c(O)ccc2c(C[NH+]3CCN(c4ccc(F)cc4)CC3)cc(=O)oc12. The molecule has 0 radical (unpaired) electrons. The van der Waals surface area contributed by atoms with Gasteiger partial charge in [-0.1, -0.05) is 0 Å². The number of aryl methyl sites for hydroxylation is 1. The zero-order valence-corrected chi connectivity index (χ0v) is 15.2. The fourth-order valence-corrected chi connectivity index (χ4v) is 3.74. The van der Waals surface area contributed by atoms with Crippen LogP contribution in [0.5, 0.6) is 5.75 Å². The van der Waals surface area contributed by atoms with Gasteiger partial charge in [0.1, 0.15) is 23.7 Å². The maximum Gasteiger partial charge on any atom is 0.336 e. The summed E-state index contributed by atoms with van der Waals surface area (Å²) >= 11 is 0. The molecular formula is C21H22FN2O3+. The van der Waals surface area contributed by atoms with Crippen LogP contribution in [0, 0.1) is 12.7 Å². The van der Waals surface area contributed by atoms with E-state index in [0.29, 0.717) is 11.1 Å². The highest BCUT2D eigenvalue weighted by Crippen LogP contribution is 2.27. The van der Waals surface area contributed by atoms with E-state index in [9.17, 15) is 14.3 Å². The summed E-state index contributed by atoms with van der Waals surface area (Å²) in [4.78, 5) is 15.6. The third kappa shape index (κ3) is 3.53. The number of nitrogens with one attached hydrogen (secondary N) is 1. The number of benzene rings is 2. The number of piperazine rings is 1.